The van der Waals surface area contributed by atoms with Crippen molar-refractivity contribution in [3.63, 3.8) is 0 Å². The summed E-state index contributed by atoms with van der Waals surface area (Å²) in [6, 6.07) is 10.6. The van der Waals surface area contributed by atoms with Crippen molar-refractivity contribution in [2.24, 2.45) is 11.3 Å². The highest BCUT2D eigenvalue weighted by atomic mass is 35.5. The highest BCUT2D eigenvalue weighted by Crippen LogP contribution is 2.47. The molecule has 2 aromatic rings. The fraction of sp³-hybridized carbons (Fsp3) is 0.500. The lowest BCUT2D eigenvalue weighted by atomic mass is 9.61. The van der Waals surface area contributed by atoms with E-state index < -0.39 is 0 Å². The lowest BCUT2D eigenvalue weighted by molar-refractivity contribution is 0.00194. The van der Waals surface area contributed by atoms with E-state index in [1.807, 2.05) is 0 Å². The van der Waals surface area contributed by atoms with Crippen LogP contribution >= 0.6 is 24.0 Å². The van der Waals surface area contributed by atoms with Gasteiger partial charge in [-0.05, 0) is 37.2 Å². The van der Waals surface area contributed by atoms with Gasteiger partial charge in [-0.3, -0.25) is 0 Å². The van der Waals surface area contributed by atoms with Crippen molar-refractivity contribution < 1.29 is 5.11 Å². The second-order valence-electron chi connectivity index (χ2n) is 7.65. The van der Waals surface area contributed by atoms with Crippen LogP contribution in [0, 0.1) is 11.3 Å². The van der Waals surface area contributed by atoms with E-state index >= 15 is 0 Å². The Kier molecular flexibility index (Phi) is 8.16. The van der Waals surface area contributed by atoms with Gasteiger partial charge in [-0.1, -0.05) is 54.8 Å². The van der Waals surface area contributed by atoms with Gasteiger partial charge in [-0.25, -0.2) is 0 Å². The van der Waals surface area contributed by atoms with E-state index in [9.17, 15) is 5.11 Å². The van der Waals surface area contributed by atoms with Crippen LogP contribution in [0.25, 0.3) is 0 Å². The minimum absolute atomic E-state index is 0. The van der Waals surface area contributed by atoms with Crippen LogP contribution in [0.3, 0.4) is 0 Å². The normalized spacial score (nSPS) is 20.9. The van der Waals surface area contributed by atoms with Crippen LogP contribution in [0.2, 0.25) is 5.15 Å². The standard InChI is InChI=1S/C20H28ClN5O.ClH/c21-17-16(22)18(26-19(23)25-17)24-12-20(13-27)10-15(11-20)9-5-4-8-14-6-2-1-3-7-14;/h1-3,6-7,15,27H,4-5,8-13,22H2,(H3,23,24,25,26);1H. The zero-order valence-electron chi connectivity index (χ0n) is 15.9. The minimum atomic E-state index is -0.122. The molecule has 0 saturated heterocycles. The molecule has 6 N–H and O–H groups in total. The van der Waals surface area contributed by atoms with Gasteiger partial charge in [0, 0.05) is 12.0 Å². The number of benzene rings is 1. The Morgan fingerprint density at radius 1 is 1.14 bits per heavy atom. The molecule has 8 heteroatoms. The van der Waals surface area contributed by atoms with Gasteiger partial charge < -0.3 is 21.9 Å². The molecule has 1 aromatic carbocycles. The molecule has 0 radical (unpaired) electrons. The third-order valence-corrected chi connectivity index (χ3v) is 5.78. The lowest BCUT2D eigenvalue weighted by Gasteiger charge is -2.47. The van der Waals surface area contributed by atoms with Crippen molar-refractivity contribution in [2.75, 3.05) is 29.9 Å². The Hall–Kier alpha value is -1.76. The fourth-order valence-corrected chi connectivity index (χ4v) is 4.15. The Labute approximate surface area is 177 Å². The summed E-state index contributed by atoms with van der Waals surface area (Å²) in [5.74, 6) is 1.19. The van der Waals surface area contributed by atoms with Crippen molar-refractivity contribution in [3.05, 3.63) is 41.0 Å². The van der Waals surface area contributed by atoms with E-state index in [2.05, 4.69) is 45.6 Å². The van der Waals surface area contributed by atoms with E-state index in [1.165, 1.54) is 24.8 Å². The Morgan fingerprint density at radius 3 is 2.54 bits per heavy atom. The van der Waals surface area contributed by atoms with E-state index in [1.54, 1.807) is 0 Å². The molecular weight excluding hydrogens is 397 g/mol. The van der Waals surface area contributed by atoms with E-state index in [-0.39, 0.29) is 41.2 Å². The molecule has 0 amide bonds. The molecule has 1 saturated carbocycles. The van der Waals surface area contributed by atoms with Crippen LogP contribution in [0.15, 0.2) is 30.3 Å². The number of anilines is 3. The summed E-state index contributed by atoms with van der Waals surface area (Å²) in [6.45, 7) is 0.746. The zero-order chi connectivity index (χ0) is 19.3. The molecular formula is C20H29Cl2N5O. The number of aromatic nitrogens is 2. The first-order chi connectivity index (χ1) is 13.0. The number of rotatable bonds is 9. The van der Waals surface area contributed by atoms with Gasteiger partial charge in [0.05, 0.1) is 6.61 Å². The summed E-state index contributed by atoms with van der Waals surface area (Å²) < 4.78 is 0. The van der Waals surface area contributed by atoms with Gasteiger partial charge >= 0.3 is 0 Å². The van der Waals surface area contributed by atoms with E-state index in [0.717, 1.165) is 19.3 Å². The summed E-state index contributed by atoms with van der Waals surface area (Å²) in [4.78, 5) is 7.93. The molecule has 1 aromatic heterocycles. The molecule has 1 heterocycles. The van der Waals surface area contributed by atoms with Crippen LogP contribution in [0.5, 0.6) is 0 Å². The van der Waals surface area contributed by atoms with Crippen LogP contribution in [0.1, 0.15) is 37.7 Å². The number of hydrogen-bond acceptors (Lipinski definition) is 6. The van der Waals surface area contributed by atoms with Crippen LogP contribution < -0.4 is 16.8 Å². The Morgan fingerprint density at radius 2 is 1.86 bits per heavy atom. The monoisotopic (exact) mass is 425 g/mol. The number of nitrogens with one attached hydrogen (secondary N) is 1. The van der Waals surface area contributed by atoms with Gasteiger partial charge in [0.2, 0.25) is 5.95 Å². The predicted molar refractivity (Wildman–Crippen MR) is 118 cm³/mol. The minimum Gasteiger partial charge on any atom is -0.396 e. The first-order valence-corrected chi connectivity index (χ1v) is 9.86. The number of nitrogens with two attached hydrogens (primary N) is 2. The molecule has 6 nitrogen and oxygen atoms in total. The maximum absolute atomic E-state index is 9.88. The topological polar surface area (TPSA) is 110 Å². The number of aliphatic hydroxyl groups is 1. The first-order valence-electron chi connectivity index (χ1n) is 9.48. The van der Waals surface area contributed by atoms with Crippen molar-refractivity contribution in [1.29, 1.82) is 0 Å². The zero-order valence-corrected chi connectivity index (χ0v) is 17.5. The maximum Gasteiger partial charge on any atom is 0.223 e. The average molecular weight is 426 g/mol. The molecule has 154 valence electrons. The van der Waals surface area contributed by atoms with E-state index in [0.29, 0.717) is 18.3 Å². The van der Waals surface area contributed by atoms with Gasteiger partial charge in [0.15, 0.2) is 11.0 Å². The summed E-state index contributed by atoms with van der Waals surface area (Å²) in [5.41, 5.74) is 13.1. The summed E-state index contributed by atoms with van der Waals surface area (Å²) in [7, 11) is 0. The van der Waals surface area contributed by atoms with Crippen LogP contribution in [-0.2, 0) is 6.42 Å². The third kappa shape index (κ3) is 5.63. The SMILES string of the molecule is Cl.Nc1nc(Cl)c(N)c(NCC2(CO)CC(CCCCc3ccccc3)C2)n1. The number of nitrogen functional groups attached to an aromatic ring is 2. The van der Waals surface area contributed by atoms with Crippen molar-refractivity contribution in [3.8, 4) is 0 Å². The molecule has 0 spiro atoms. The molecule has 3 rings (SSSR count). The van der Waals surface area contributed by atoms with E-state index in [4.69, 9.17) is 23.1 Å². The second kappa shape index (κ2) is 10.1. The molecule has 1 fully saturated rings. The molecule has 1 aliphatic rings. The van der Waals surface area contributed by atoms with Gasteiger partial charge in [0.25, 0.3) is 0 Å². The molecule has 0 unspecified atom stereocenters. The summed E-state index contributed by atoms with van der Waals surface area (Å²) >= 11 is 5.94. The predicted octanol–water partition coefficient (Wildman–Crippen LogP) is 3.93. The maximum atomic E-state index is 9.88. The second-order valence-corrected chi connectivity index (χ2v) is 8.01. The number of aryl methyl sites for hydroxylation is 1. The molecule has 0 aliphatic heterocycles. The fourth-order valence-electron chi connectivity index (χ4n) is 3.97. The van der Waals surface area contributed by atoms with Crippen molar-refractivity contribution in [2.45, 2.75) is 38.5 Å². The molecule has 0 atom stereocenters. The first kappa shape index (κ1) is 22.5. The average Bonchev–Trinajstić information content (AvgIpc) is 2.64. The smallest absolute Gasteiger partial charge is 0.223 e. The van der Waals surface area contributed by atoms with Crippen molar-refractivity contribution >= 4 is 41.5 Å². The summed E-state index contributed by atoms with van der Waals surface area (Å²) in [6.07, 6.45) is 6.80. The number of halogens is 2. The number of hydrogen-bond donors (Lipinski definition) is 4. The van der Waals surface area contributed by atoms with Crippen molar-refractivity contribution in [1.82, 2.24) is 9.97 Å². The molecule has 28 heavy (non-hydrogen) atoms. The number of aliphatic hydroxyl groups excluding tert-OH is 1. The lowest BCUT2D eigenvalue weighted by Crippen LogP contribution is -2.45. The Bertz CT molecular complexity index is 754. The van der Waals surface area contributed by atoms with Crippen LogP contribution in [-0.4, -0.2) is 28.2 Å². The number of nitrogens with zero attached hydrogens (tertiary/aromatic N) is 2. The van der Waals surface area contributed by atoms with Crippen LogP contribution in [0.4, 0.5) is 17.5 Å². The Balaban J connectivity index is 0.00000280. The largest absolute Gasteiger partial charge is 0.396 e. The number of unbranched alkanes of at least 4 members (excludes halogenated alkanes) is 1. The summed E-state index contributed by atoms with van der Waals surface area (Å²) in [5, 5.41) is 13.2. The molecule has 1 aliphatic carbocycles. The van der Waals surface area contributed by atoms with Gasteiger partial charge in [0.1, 0.15) is 5.69 Å². The third-order valence-electron chi connectivity index (χ3n) is 5.50. The highest BCUT2D eigenvalue weighted by molar-refractivity contribution is 6.32. The molecule has 0 bridgehead atoms. The van der Waals surface area contributed by atoms with Gasteiger partial charge in [-0.2, -0.15) is 9.97 Å². The highest BCUT2D eigenvalue weighted by Gasteiger charge is 2.43. The van der Waals surface area contributed by atoms with Gasteiger partial charge in [-0.15, -0.1) is 12.4 Å². The quantitative estimate of drug-likeness (QED) is 0.357.